The van der Waals surface area contributed by atoms with E-state index in [-0.39, 0.29) is 11.9 Å². The van der Waals surface area contributed by atoms with Crippen molar-refractivity contribution >= 4 is 11.5 Å². The summed E-state index contributed by atoms with van der Waals surface area (Å²) in [5, 5.41) is 4.47. The number of nitrogens with zero attached hydrogens (tertiary/aromatic N) is 3. The van der Waals surface area contributed by atoms with Gasteiger partial charge in [0.2, 0.25) is 5.91 Å². The number of carbonyl (C=O) groups is 1. The van der Waals surface area contributed by atoms with Crippen molar-refractivity contribution in [3.63, 3.8) is 0 Å². The summed E-state index contributed by atoms with van der Waals surface area (Å²) in [7, 11) is 1.66. The Kier molecular flexibility index (Phi) is 5.19. The van der Waals surface area contributed by atoms with E-state index >= 15 is 0 Å². The lowest BCUT2D eigenvalue weighted by molar-refractivity contribution is -0.122. The fraction of sp³-hybridized carbons (Fsp3) is 0.368. The van der Waals surface area contributed by atoms with E-state index in [0.29, 0.717) is 0 Å². The zero-order chi connectivity index (χ0) is 17.8. The molecule has 0 saturated heterocycles. The molecule has 0 unspecified atom stereocenters. The second-order valence-electron chi connectivity index (χ2n) is 6.33. The molecule has 6 nitrogen and oxygen atoms in total. The van der Waals surface area contributed by atoms with Gasteiger partial charge in [-0.3, -0.25) is 14.4 Å². The third-order valence-corrected chi connectivity index (χ3v) is 4.71. The van der Waals surface area contributed by atoms with Crippen LogP contribution in [0.25, 0.3) is 5.57 Å². The monoisotopic (exact) mass is 340 g/mol. The Morgan fingerprint density at radius 2 is 2.12 bits per heavy atom. The zero-order valence-electron chi connectivity index (χ0n) is 14.7. The minimum absolute atomic E-state index is 0.226. The van der Waals surface area contributed by atoms with Crippen LogP contribution in [0.2, 0.25) is 0 Å². The van der Waals surface area contributed by atoms with E-state index < -0.39 is 0 Å². The first-order valence-corrected chi connectivity index (χ1v) is 8.45. The molecule has 1 aromatic heterocycles. The second-order valence-corrected chi connectivity index (χ2v) is 6.33. The summed E-state index contributed by atoms with van der Waals surface area (Å²) in [4.78, 5) is 13.4. The number of methoxy groups -OCH3 is 1. The molecule has 1 aromatic carbocycles. The van der Waals surface area contributed by atoms with Gasteiger partial charge in [0.1, 0.15) is 5.75 Å². The predicted octanol–water partition coefficient (Wildman–Crippen LogP) is 1.90. The minimum Gasteiger partial charge on any atom is -0.497 e. The molecular formula is C19H24N4O2. The summed E-state index contributed by atoms with van der Waals surface area (Å²) in [6.45, 7) is 4.15. The summed E-state index contributed by atoms with van der Waals surface area (Å²) >= 11 is 0. The molecule has 0 saturated carbocycles. The average molecular weight is 340 g/mol. The van der Waals surface area contributed by atoms with Crippen LogP contribution in [0.5, 0.6) is 5.75 Å². The molecule has 0 fully saturated rings. The van der Waals surface area contributed by atoms with Crippen LogP contribution in [0, 0.1) is 0 Å². The molecule has 132 valence electrons. The van der Waals surface area contributed by atoms with Gasteiger partial charge in [-0.25, -0.2) is 0 Å². The van der Waals surface area contributed by atoms with Crippen LogP contribution in [-0.4, -0.2) is 46.8 Å². The maximum absolute atomic E-state index is 11.3. The number of hydrogen-bond acceptors (Lipinski definition) is 4. The summed E-state index contributed by atoms with van der Waals surface area (Å²) in [6.07, 6.45) is 7.04. The van der Waals surface area contributed by atoms with E-state index in [2.05, 4.69) is 22.3 Å². The first-order chi connectivity index (χ1) is 12.1. The SMILES string of the molecule is COc1ccc(Cn2cc(C3=CCN([C@H](C)C(N)=O)CC3)cn2)cc1. The molecular weight excluding hydrogens is 316 g/mol. The van der Waals surface area contributed by atoms with Gasteiger partial charge in [-0.05, 0) is 36.6 Å². The number of hydrogen-bond donors (Lipinski definition) is 1. The van der Waals surface area contributed by atoms with Gasteiger partial charge in [0.25, 0.3) is 0 Å². The number of nitrogens with two attached hydrogens (primary N) is 1. The van der Waals surface area contributed by atoms with Gasteiger partial charge in [0.05, 0.1) is 25.9 Å². The Morgan fingerprint density at radius 3 is 2.72 bits per heavy atom. The summed E-state index contributed by atoms with van der Waals surface area (Å²) in [5.41, 5.74) is 8.97. The fourth-order valence-electron chi connectivity index (χ4n) is 3.01. The third-order valence-electron chi connectivity index (χ3n) is 4.71. The highest BCUT2D eigenvalue weighted by atomic mass is 16.5. The molecule has 1 aliphatic rings. The van der Waals surface area contributed by atoms with Crippen molar-refractivity contribution in [2.24, 2.45) is 5.73 Å². The Morgan fingerprint density at radius 1 is 1.36 bits per heavy atom. The third kappa shape index (κ3) is 4.09. The number of aromatic nitrogens is 2. The van der Waals surface area contributed by atoms with Crippen molar-refractivity contribution in [1.82, 2.24) is 14.7 Å². The van der Waals surface area contributed by atoms with Crippen LogP contribution >= 0.6 is 0 Å². The van der Waals surface area contributed by atoms with E-state index in [4.69, 9.17) is 10.5 Å². The molecule has 2 N–H and O–H groups in total. The standard InChI is InChI=1S/C19H24N4O2/c1-14(19(20)24)22-9-7-16(8-10-22)17-11-21-23(13-17)12-15-3-5-18(25-2)6-4-15/h3-7,11,13-14H,8-10,12H2,1-2H3,(H2,20,24)/t14-/m1/s1. The minimum atomic E-state index is -0.274. The summed E-state index contributed by atoms with van der Waals surface area (Å²) in [5.74, 6) is 0.580. The van der Waals surface area contributed by atoms with Crippen LogP contribution in [0.1, 0.15) is 24.5 Å². The number of carbonyl (C=O) groups excluding carboxylic acids is 1. The molecule has 0 radical (unpaired) electrons. The van der Waals surface area contributed by atoms with E-state index in [1.54, 1.807) is 7.11 Å². The van der Waals surface area contributed by atoms with Gasteiger partial charge in [-0.2, -0.15) is 5.10 Å². The number of rotatable bonds is 6. The maximum atomic E-state index is 11.3. The van der Waals surface area contributed by atoms with Crippen molar-refractivity contribution in [1.29, 1.82) is 0 Å². The van der Waals surface area contributed by atoms with E-state index in [0.717, 1.165) is 37.4 Å². The highest BCUT2D eigenvalue weighted by molar-refractivity contribution is 5.79. The molecule has 0 spiro atoms. The Bertz CT molecular complexity index is 764. The first-order valence-electron chi connectivity index (χ1n) is 8.45. The lowest BCUT2D eigenvalue weighted by atomic mass is 10.0. The van der Waals surface area contributed by atoms with Crippen LogP contribution < -0.4 is 10.5 Å². The van der Waals surface area contributed by atoms with Crippen LogP contribution in [0.4, 0.5) is 0 Å². The van der Waals surface area contributed by atoms with Crippen molar-refractivity contribution in [3.8, 4) is 5.75 Å². The lowest BCUT2D eigenvalue weighted by Crippen LogP contribution is -2.44. The van der Waals surface area contributed by atoms with E-state index in [1.165, 1.54) is 11.1 Å². The molecule has 1 aliphatic heterocycles. The zero-order valence-corrected chi connectivity index (χ0v) is 14.7. The van der Waals surface area contributed by atoms with Crippen molar-refractivity contribution in [3.05, 3.63) is 53.9 Å². The van der Waals surface area contributed by atoms with Gasteiger partial charge >= 0.3 is 0 Å². The molecule has 2 heterocycles. The van der Waals surface area contributed by atoms with Gasteiger partial charge in [-0.1, -0.05) is 18.2 Å². The van der Waals surface area contributed by atoms with Gasteiger partial charge < -0.3 is 10.5 Å². The molecule has 2 aromatic rings. The molecule has 1 atom stereocenters. The van der Waals surface area contributed by atoms with Crippen molar-refractivity contribution < 1.29 is 9.53 Å². The lowest BCUT2D eigenvalue weighted by Gasteiger charge is -2.29. The largest absolute Gasteiger partial charge is 0.497 e. The highest BCUT2D eigenvalue weighted by Crippen LogP contribution is 2.23. The number of ether oxygens (including phenoxy) is 1. The Balaban J connectivity index is 1.64. The van der Waals surface area contributed by atoms with Gasteiger partial charge in [-0.15, -0.1) is 0 Å². The highest BCUT2D eigenvalue weighted by Gasteiger charge is 2.21. The maximum Gasteiger partial charge on any atom is 0.234 e. The smallest absolute Gasteiger partial charge is 0.234 e. The van der Waals surface area contributed by atoms with Crippen molar-refractivity contribution in [2.75, 3.05) is 20.2 Å². The number of primary amides is 1. The van der Waals surface area contributed by atoms with Crippen LogP contribution in [-0.2, 0) is 11.3 Å². The fourth-order valence-corrected chi connectivity index (χ4v) is 3.01. The first kappa shape index (κ1) is 17.2. The topological polar surface area (TPSA) is 73.4 Å². The molecule has 0 bridgehead atoms. The van der Waals surface area contributed by atoms with E-state index in [9.17, 15) is 4.79 Å². The Labute approximate surface area is 147 Å². The van der Waals surface area contributed by atoms with Crippen molar-refractivity contribution in [2.45, 2.75) is 25.9 Å². The molecule has 1 amide bonds. The summed E-state index contributed by atoms with van der Waals surface area (Å²) in [6, 6.07) is 7.78. The normalized spacial score (nSPS) is 16.3. The average Bonchev–Trinajstić information content (AvgIpc) is 3.10. The summed E-state index contributed by atoms with van der Waals surface area (Å²) < 4.78 is 7.12. The molecule has 0 aliphatic carbocycles. The van der Waals surface area contributed by atoms with Crippen LogP contribution in [0.3, 0.4) is 0 Å². The van der Waals surface area contributed by atoms with Gasteiger partial charge in [0.15, 0.2) is 0 Å². The Hall–Kier alpha value is -2.60. The molecule has 3 rings (SSSR count). The molecule has 6 heteroatoms. The number of amides is 1. The van der Waals surface area contributed by atoms with Gasteiger partial charge in [0, 0.05) is 24.8 Å². The van der Waals surface area contributed by atoms with E-state index in [1.807, 2.05) is 42.1 Å². The second kappa shape index (κ2) is 7.53. The van der Waals surface area contributed by atoms with Crippen LogP contribution in [0.15, 0.2) is 42.7 Å². The molecule has 25 heavy (non-hydrogen) atoms. The number of benzene rings is 1. The predicted molar refractivity (Wildman–Crippen MR) is 97.1 cm³/mol. The quantitative estimate of drug-likeness (QED) is 0.872.